The zero-order valence-corrected chi connectivity index (χ0v) is 9.88. The van der Waals surface area contributed by atoms with Gasteiger partial charge >= 0.3 is 0 Å². The number of amides is 1. The molecule has 15 heavy (non-hydrogen) atoms. The SMILES string of the molecule is CCCCNC(C)=O.OCC1CCCN1. The van der Waals surface area contributed by atoms with E-state index in [9.17, 15) is 4.79 Å². The molecule has 4 heteroatoms. The average molecular weight is 216 g/mol. The number of rotatable bonds is 4. The molecule has 0 saturated carbocycles. The van der Waals surface area contributed by atoms with Crippen molar-refractivity contribution in [2.24, 2.45) is 0 Å². The highest BCUT2D eigenvalue weighted by atomic mass is 16.3. The quantitative estimate of drug-likeness (QED) is 0.605. The molecule has 1 aliphatic heterocycles. The number of aliphatic hydroxyl groups is 1. The molecule has 1 saturated heterocycles. The number of hydrogen-bond acceptors (Lipinski definition) is 3. The van der Waals surface area contributed by atoms with Gasteiger partial charge in [-0.25, -0.2) is 0 Å². The van der Waals surface area contributed by atoms with Gasteiger partial charge in [0, 0.05) is 19.5 Å². The molecule has 0 aromatic carbocycles. The second-order valence-electron chi connectivity index (χ2n) is 3.81. The summed E-state index contributed by atoms with van der Waals surface area (Å²) in [5.74, 6) is 0.0680. The summed E-state index contributed by atoms with van der Waals surface area (Å²) >= 11 is 0. The van der Waals surface area contributed by atoms with E-state index in [1.165, 1.54) is 13.3 Å². The normalized spacial score (nSPS) is 19.3. The monoisotopic (exact) mass is 216 g/mol. The fraction of sp³-hybridized carbons (Fsp3) is 0.909. The molecule has 1 atom stereocenters. The standard InChI is InChI=1S/C6H13NO.C5H11NO/c1-3-4-5-7-6(2)8;7-4-5-2-1-3-6-5/h3-5H2,1-2H3,(H,7,8);5-7H,1-4H2. The number of hydrogen-bond donors (Lipinski definition) is 3. The van der Waals surface area contributed by atoms with Crippen molar-refractivity contribution in [3.8, 4) is 0 Å². The first-order chi connectivity index (χ1) is 7.20. The minimum absolute atomic E-state index is 0.0680. The van der Waals surface area contributed by atoms with E-state index in [0.717, 1.165) is 32.4 Å². The van der Waals surface area contributed by atoms with E-state index in [1.807, 2.05) is 0 Å². The first kappa shape index (κ1) is 14.4. The van der Waals surface area contributed by atoms with E-state index in [2.05, 4.69) is 17.6 Å². The minimum atomic E-state index is 0.0680. The van der Waals surface area contributed by atoms with Crippen LogP contribution in [0.3, 0.4) is 0 Å². The molecule has 90 valence electrons. The first-order valence-corrected chi connectivity index (χ1v) is 5.79. The van der Waals surface area contributed by atoms with Crippen LogP contribution in [0.4, 0.5) is 0 Å². The molecule has 0 radical (unpaired) electrons. The van der Waals surface area contributed by atoms with Gasteiger partial charge in [-0.2, -0.15) is 0 Å². The van der Waals surface area contributed by atoms with Crippen LogP contribution >= 0.6 is 0 Å². The third-order valence-electron chi connectivity index (χ3n) is 2.29. The summed E-state index contributed by atoms with van der Waals surface area (Å²) in [6.07, 6.45) is 4.60. The van der Waals surface area contributed by atoms with Crippen molar-refractivity contribution >= 4 is 5.91 Å². The van der Waals surface area contributed by atoms with Gasteiger partial charge in [-0.3, -0.25) is 4.79 Å². The van der Waals surface area contributed by atoms with Crippen LogP contribution in [0.25, 0.3) is 0 Å². The average Bonchev–Trinajstić information content (AvgIpc) is 2.71. The lowest BCUT2D eigenvalue weighted by atomic mass is 10.2. The van der Waals surface area contributed by atoms with Crippen LogP contribution in [-0.2, 0) is 4.79 Å². The predicted molar refractivity (Wildman–Crippen MR) is 61.7 cm³/mol. The Morgan fingerprint density at radius 2 is 2.33 bits per heavy atom. The fourth-order valence-corrected chi connectivity index (χ4v) is 1.35. The summed E-state index contributed by atoms with van der Waals surface area (Å²) in [6, 6.07) is 0.403. The molecule has 0 aromatic rings. The van der Waals surface area contributed by atoms with Gasteiger partial charge in [0.1, 0.15) is 0 Å². The Morgan fingerprint density at radius 3 is 2.67 bits per heavy atom. The van der Waals surface area contributed by atoms with Crippen molar-refractivity contribution < 1.29 is 9.90 Å². The summed E-state index contributed by atoms with van der Waals surface area (Å²) in [4.78, 5) is 10.2. The summed E-state index contributed by atoms with van der Waals surface area (Å²) in [5.41, 5.74) is 0. The smallest absolute Gasteiger partial charge is 0.216 e. The van der Waals surface area contributed by atoms with Crippen molar-refractivity contribution in [3.05, 3.63) is 0 Å². The molecule has 0 bridgehead atoms. The molecular formula is C11H24N2O2. The molecule has 1 amide bonds. The Balaban J connectivity index is 0.000000262. The Morgan fingerprint density at radius 1 is 1.60 bits per heavy atom. The molecule has 3 N–H and O–H groups in total. The minimum Gasteiger partial charge on any atom is -0.395 e. The molecule has 1 heterocycles. The largest absolute Gasteiger partial charge is 0.395 e. The molecule has 4 nitrogen and oxygen atoms in total. The number of carbonyl (C=O) groups is 1. The van der Waals surface area contributed by atoms with Gasteiger partial charge in [-0.1, -0.05) is 13.3 Å². The van der Waals surface area contributed by atoms with Gasteiger partial charge in [0.15, 0.2) is 0 Å². The third kappa shape index (κ3) is 9.69. The maximum atomic E-state index is 10.2. The van der Waals surface area contributed by atoms with Gasteiger partial charge < -0.3 is 15.7 Å². The number of nitrogens with one attached hydrogen (secondary N) is 2. The molecule has 1 unspecified atom stereocenters. The molecular weight excluding hydrogens is 192 g/mol. The van der Waals surface area contributed by atoms with Gasteiger partial charge in [-0.05, 0) is 25.8 Å². The van der Waals surface area contributed by atoms with E-state index in [1.54, 1.807) is 0 Å². The number of carbonyl (C=O) groups excluding carboxylic acids is 1. The van der Waals surface area contributed by atoms with E-state index in [-0.39, 0.29) is 5.91 Å². The van der Waals surface area contributed by atoms with Crippen molar-refractivity contribution in [3.63, 3.8) is 0 Å². The topological polar surface area (TPSA) is 61.4 Å². The predicted octanol–water partition coefficient (Wildman–Crippen LogP) is 0.653. The van der Waals surface area contributed by atoms with Crippen molar-refractivity contribution in [1.29, 1.82) is 0 Å². The molecule has 0 aromatic heterocycles. The summed E-state index contributed by atoms with van der Waals surface area (Å²) < 4.78 is 0. The lowest BCUT2D eigenvalue weighted by Gasteiger charge is -2.01. The van der Waals surface area contributed by atoms with Crippen molar-refractivity contribution in [2.45, 2.75) is 45.6 Å². The zero-order chi connectivity index (χ0) is 11.5. The van der Waals surface area contributed by atoms with Crippen LogP contribution in [0, 0.1) is 0 Å². The van der Waals surface area contributed by atoms with Gasteiger partial charge in [0.05, 0.1) is 6.61 Å². The van der Waals surface area contributed by atoms with E-state index in [0.29, 0.717) is 12.6 Å². The van der Waals surface area contributed by atoms with Crippen LogP contribution in [0.2, 0.25) is 0 Å². The first-order valence-electron chi connectivity index (χ1n) is 5.79. The highest BCUT2D eigenvalue weighted by molar-refractivity contribution is 5.72. The van der Waals surface area contributed by atoms with Gasteiger partial charge in [0.25, 0.3) is 0 Å². The molecule has 1 rings (SSSR count). The van der Waals surface area contributed by atoms with E-state index < -0.39 is 0 Å². The second-order valence-corrected chi connectivity index (χ2v) is 3.81. The fourth-order valence-electron chi connectivity index (χ4n) is 1.35. The van der Waals surface area contributed by atoms with Crippen LogP contribution in [0.15, 0.2) is 0 Å². The highest BCUT2D eigenvalue weighted by Gasteiger charge is 2.10. The van der Waals surface area contributed by atoms with E-state index in [4.69, 9.17) is 5.11 Å². The molecule has 1 aliphatic rings. The van der Waals surface area contributed by atoms with Crippen molar-refractivity contribution in [2.75, 3.05) is 19.7 Å². The van der Waals surface area contributed by atoms with Gasteiger partial charge in [0.2, 0.25) is 5.91 Å². The van der Waals surface area contributed by atoms with E-state index >= 15 is 0 Å². The second kappa shape index (κ2) is 9.93. The van der Waals surface area contributed by atoms with Crippen molar-refractivity contribution in [1.82, 2.24) is 10.6 Å². The number of aliphatic hydroxyl groups excluding tert-OH is 1. The van der Waals surface area contributed by atoms with Crippen LogP contribution in [-0.4, -0.2) is 36.8 Å². The third-order valence-corrected chi connectivity index (χ3v) is 2.29. The maximum absolute atomic E-state index is 10.2. The van der Waals surface area contributed by atoms with Crippen LogP contribution in [0.5, 0.6) is 0 Å². The lowest BCUT2D eigenvalue weighted by molar-refractivity contribution is -0.118. The number of unbranched alkanes of at least 4 members (excludes halogenated alkanes) is 1. The Kier molecular flexibility index (Phi) is 9.52. The Labute approximate surface area is 92.4 Å². The summed E-state index contributed by atoms with van der Waals surface area (Å²) in [6.45, 7) is 5.86. The molecule has 0 spiro atoms. The lowest BCUT2D eigenvalue weighted by Crippen LogP contribution is -2.24. The van der Waals surface area contributed by atoms with Gasteiger partial charge in [-0.15, -0.1) is 0 Å². The molecule has 0 aliphatic carbocycles. The Hall–Kier alpha value is -0.610. The highest BCUT2D eigenvalue weighted by Crippen LogP contribution is 2.02. The van der Waals surface area contributed by atoms with Crippen LogP contribution in [0.1, 0.15) is 39.5 Å². The molecule has 1 fully saturated rings. The summed E-state index contributed by atoms with van der Waals surface area (Å²) in [5, 5.41) is 14.4. The Bertz CT molecular complexity index is 157. The summed E-state index contributed by atoms with van der Waals surface area (Å²) in [7, 11) is 0. The zero-order valence-electron chi connectivity index (χ0n) is 9.88. The van der Waals surface area contributed by atoms with Crippen LogP contribution < -0.4 is 10.6 Å². The maximum Gasteiger partial charge on any atom is 0.216 e.